The number of benzene rings is 1. The van der Waals surface area contributed by atoms with Gasteiger partial charge in [-0.1, -0.05) is 49.1 Å². The van der Waals surface area contributed by atoms with Crippen LogP contribution in [0.15, 0.2) is 30.8 Å². The second-order valence-electron chi connectivity index (χ2n) is 4.35. The van der Waals surface area contributed by atoms with Gasteiger partial charge in [-0.2, -0.15) is 11.8 Å². The first-order chi connectivity index (χ1) is 9.54. The zero-order valence-corrected chi connectivity index (χ0v) is 13.1. The maximum absolute atomic E-state index is 10.7. The van der Waals surface area contributed by atoms with Gasteiger partial charge in [-0.25, -0.2) is 0 Å². The summed E-state index contributed by atoms with van der Waals surface area (Å²) in [4.78, 5) is 11.1. The number of carboxylic acids is 1. The molecule has 1 aromatic rings. The van der Waals surface area contributed by atoms with Crippen molar-refractivity contribution in [2.45, 2.75) is 12.7 Å². The molecule has 108 valence electrons. The average molecular weight is 309 g/mol. The number of carboxylic acid groups (broad SMARTS) is 1. The van der Waals surface area contributed by atoms with Crippen molar-refractivity contribution in [1.82, 2.24) is 5.32 Å². The van der Waals surface area contributed by atoms with E-state index in [1.165, 1.54) is 5.56 Å². The Morgan fingerprint density at radius 1 is 1.50 bits per heavy atom. The Bertz CT molecular complexity index is 471. The smallest absolute Gasteiger partial charge is 0.313 e. The molecule has 1 unspecified atom stereocenters. The fraction of sp³-hybridized carbons (Fsp3) is 0.333. The Kier molecular flexibility index (Phi) is 7.33. The molecule has 1 rings (SSSR count). The molecule has 0 aliphatic rings. The van der Waals surface area contributed by atoms with Gasteiger partial charge >= 0.3 is 5.97 Å². The van der Waals surface area contributed by atoms with Gasteiger partial charge in [0.1, 0.15) is 5.92 Å². The summed E-state index contributed by atoms with van der Waals surface area (Å²) in [5.74, 6) is 0.301. The van der Waals surface area contributed by atoms with Crippen molar-refractivity contribution in [2.75, 3.05) is 12.3 Å². The third-order valence-corrected chi connectivity index (χ3v) is 4.32. The zero-order chi connectivity index (χ0) is 15.0. The van der Waals surface area contributed by atoms with Crippen LogP contribution in [0.2, 0.25) is 0 Å². The molecule has 3 nitrogen and oxygen atoms in total. The summed E-state index contributed by atoms with van der Waals surface area (Å²) < 4.78 is 0. The second-order valence-corrected chi connectivity index (χ2v) is 5.89. The van der Waals surface area contributed by atoms with E-state index in [0.717, 1.165) is 17.1 Å². The third kappa shape index (κ3) is 5.75. The van der Waals surface area contributed by atoms with Crippen LogP contribution >= 0.6 is 24.0 Å². The van der Waals surface area contributed by atoms with Crippen molar-refractivity contribution in [3.8, 4) is 0 Å². The highest BCUT2D eigenvalue weighted by atomic mass is 32.2. The number of thioether (sulfide) groups is 1. The van der Waals surface area contributed by atoms with E-state index in [4.69, 9.17) is 17.3 Å². The van der Waals surface area contributed by atoms with Gasteiger partial charge < -0.3 is 10.4 Å². The van der Waals surface area contributed by atoms with Gasteiger partial charge in [0.15, 0.2) is 0 Å². The van der Waals surface area contributed by atoms with Crippen LogP contribution in [0, 0.1) is 5.92 Å². The molecule has 2 N–H and O–H groups in total. The molecule has 0 aliphatic heterocycles. The summed E-state index contributed by atoms with van der Waals surface area (Å²) >= 11 is 6.80. The van der Waals surface area contributed by atoms with Crippen LogP contribution in [0.3, 0.4) is 0 Å². The van der Waals surface area contributed by atoms with Crippen molar-refractivity contribution >= 4 is 41.0 Å². The van der Waals surface area contributed by atoms with Crippen molar-refractivity contribution in [3.63, 3.8) is 0 Å². The first kappa shape index (κ1) is 16.7. The van der Waals surface area contributed by atoms with Crippen LogP contribution in [-0.2, 0) is 10.5 Å². The molecule has 1 aromatic carbocycles. The van der Waals surface area contributed by atoms with E-state index in [9.17, 15) is 4.79 Å². The Labute approximate surface area is 129 Å². The first-order valence-electron chi connectivity index (χ1n) is 6.34. The number of carbonyl (C=O) groups is 1. The van der Waals surface area contributed by atoms with Crippen LogP contribution in [-0.4, -0.2) is 28.4 Å². The van der Waals surface area contributed by atoms with E-state index in [0.29, 0.717) is 11.5 Å². The van der Waals surface area contributed by atoms with Gasteiger partial charge in [-0.15, -0.1) is 0 Å². The number of thiocarbonyl (C=S) groups is 1. The highest BCUT2D eigenvalue weighted by molar-refractivity contribution is 7.98. The van der Waals surface area contributed by atoms with Crippen molar-refractivity contribution < 1.29 is 9.90 Å². The van der Waals surface area contributed by atoms with E-state index in [1.807, 2.05) is 18.2 Å². The van der Waals surface area contributed by atoms with Crippen LogP contribution in [0.1, 0.15) is 18.1 Å². The normalized spacial score (nSPS) is 11.7. The predicted molar refractivity (Wildman–Crippen MR) is 90.1 cm³/mol. The summed E-state index contributed by atoms with van der Waals surface area (Å²) in [5, 5.41) is 11.8. The molecule has 1 atom stereocenters. The van der Waals surface area contributed by atoms with Crippen molar-refractivity contribution in [1.29, 1.82) is 0 Å². The molecule has 0 aliphatic carbocycles. The second kappa shape index (κ2) is 8.76. The lowest BCUT2D eigenvalue weighted by Gasteiger charge is -2.11. The molecule has 0 aromatic heterocycles. The topological polar surface area (TPSA) is 49.3 Å². The predicted octanol–water partition coefficient (Wildman–Crippen LogP) is 3.20. The first-order valence-corrected chi connectivity index (χ1v) is 7.90. The van der Waals surface area contributed by atoms with E-state index in [1.54, 1.807) is 18.7 Å². The number of hydrogen-bond donors (Lipinski definition) is 2. The minimum Gasteiger partial charge on any atom is -0.481 e. The number of aliphatic carboxylic acids is 1. The van der Waals surface area contributed by atoms with Gasteiger partial charge in [0.05, 0.1) is 4.99 Å². The van der Waals surface area contributed by atoms with Gasteiger partial charge in [-0.05, 0) is 18.1 Å². The number of nitrogens with one attached hydrogen (secondary N) is 1. The molecule has 0 bridgehead atoms. The minimum absolute atomic E-state index is 0.397. The Morgan fingerprint density at radius 3 is 2.70 bits per heavy atom. The molecule has 0 radical (unpaired) electrons. The lowest BCUT2D eigenvalue weighted by molar-refractivity contribution is -0.138. The van der Waals surface area contributed by atoms with Gasteiger partial charge in [-0.3, -0.25) is 4.79 Å². The maximum Gasteiger partial charge on any atom is 0.313 e. The van der Waals surface area contributed by atoms with Gasteiger partial charge in [0.25, 0.3) is 0 Å². The molecule has 0 heterocycles. The molecule has 0 amide bonds. The number of rotatable bonds is 8. The molecular weight excluding hydrogens is 290 g/mol. The van der Waals surface area contributed by atoms with E-state index in [-0.39, 0.29) is 0 Å². The molecule has 0 saturated carbocycles. The lowest BCUT2D eigenvalue weighted by atomic mass is 10.1. The fourth-order valence-corrected chi connectivity index (χ4v) is 2.47. The minimum atomic E-state index is -0.891. The standard InChI is InChI=1S/C15H19NO2S2/c1-3-12-4-6-13(7-5-12)10-20-9-8-16-14(19)11(2)15(17)18/h3-7,11H,1,8-10H2,2H3,(H,16,19)(H,17,18). The van der Waals surface area contributed by atoms with Crippen LogP contribution in [0.5, 0.6) is 0 Å². The van der Waals surface area contributed by atoms with Gasteiger partial charge in [0, 0.05) is 18.1 Å². The summed E-state index contributed by atoms with van der Waals surface area (Å²) in [5.41, 5.74) is 2.38. The SMILES string of the molecule is C=Cc1ccc(CSCCNC(=S)C(C)C(=O)O)cc1. The summed E-state index contributed by atoms with van der Waals surface area (Å²) in [6.07, 6.45) is 1.82. The van der Waals surface area contributed by atoms with E-state index < -0.39 is 11.9 Å². The molecule has 20 heavy (non-hydrogen) atoms. The molecule has 0 spiro atoms. The molecule has 0 fully saturated rings. The molecular formula is C15H19NO2S2. The monoisotopic (exact) mass is 309 g/mol. The quantitative estimate of drug-likeness (QED) is 0.570. The fourth-order valence-electron chi connectivity index (χ4n) is 1.45. The lowest BCUT2D eigenvalue weighted by Crippen LogP contribution is -2.33. The highest BCUT2D eigenvalue weighted by Gasteiger charge is 2.15. The van der Waals surface area contributed by atoms with Crippen LogP contribution in [0.25, 0.3) is 6.08 Å². The maximum atomic E-state index is 10.7. The zero-order valence-electron chi connectivity index (χ0n) is 11.5. The highest BCUT2D eigenvalue weighted by Crippen LogP contribution is 2.13. The Balaban J connectivity index is 2.20. The molecule has 5 heteroatoms. The molecule has 0 saturated heterocycles. The summed E-state index contributed by atoms with van der Waals surface area (Å²) in [6, 6.07) is 8.28. The van der Waals surface area contributed by atoms with Crippen molar-refractivity contribution in [2.24, 2.45) is 5.92 Å². The summed E-state index contributed by atoms with van der Waals surface area (Å²) in [7, 11) is 0. The van der Waals surface area contributed by atoms with Crippen molar-refractivity contribution in [3.05, 3.63) is 42.0 Å². The van der Waals surface area contributed by atoms with Gasteiger partial charge in [0.2, 0.25) is 0 Å². The third-order valence-electron chi connectivity index (χ3n) is 2.79. The Morgan fingerprint density at radius 2 is 2.15 bits per heavy atom. The average Bonchev–Trinajstić information content (AvgIpc) is 2.46. The van der Waals surface area contributed by atoms with Crippen LogP contribution in [0.4, 0.5) is 0 Å². The van der Waals surface area contributed by atoms with E-state index >= 15 is 0 Å². The Hall–Kier alpha value is -1.33. The van der Waals surface area contributed by atoms with Crippen LogP contribution < -0.4 is 5.32 Å². The summed E-state index contributed by atoms with van der Waals surface area (Å²) in [6.45, 7) is 6.00. The van der Waals surface area contributed by atoms with E-state index in [2.05, 4.69) is 24.0 Å². The number of hydrogen-bond acceptors (Lipinski definition) is 3. The largest absolute Gasteiger partial charge is 0.481 e.